The quantitative estimate of drug-likeness (QED) is 0.855. The van der Waals surface area contributed by atoms with Crippen LogP contribution in [0.5, 0.6) is 0 Å². The van der Waals surface area contributed by atoms with Gasteiger partial charge in [0.15, 0.2) is 0 Å². The highest BCUT2D eigenvalue weighted by Crippen LogP contribution is 2.14. The Morgan fingerprint density at radius 2 is 2.15 bits per heavy atom. The van der Waals surface area contributed by atoms with E-state index >= 15 is 0 Å². The summed E-state index contributed by atoms with van der Waals surface area (Å²) >= 11 is 5.00. The van der Waals surface area contributed by atoms with E-state index in [1.54, 1.807) is 0 Å². The molecule has 2 aromatic rings. The van der Waals surface area contributed by atoms with Crippen LogP contribution >= 0.6 is 12.2 Å². The number of nitrogens with zero attached hydrogens (tertiary/aromatic N) is 3. The molecule has 2 N–H and O–H groups in total. The van der Waals surface area contributed by atoms with Gasteiger partial charge in [0.25, 0.3) is 0 Å². The van der Waals surface area contributed by atoms with Crippen LogP contribution in [-0.4, -0.2) is 26.7 Å². The molecule has 0 atom stereocenters. The predicted molar refractivity (Wildman–Crippen MR) is 85.4 cm³/mol. The topological polar surface area (TPSA) is 47.1 Å². The molecule has 0 bridgehead atoms. The molecule has 20 heavy (non-hydrogen) atoms. The van der Waals surface area contributed by atoms with Gasteiger partial charge in [-0.25, -0.2) is 0 Å². The molecule has 0 aliphatic rings. The minimum absolute atomic E-state index is 0.448. The van der Waals surface area contributed by atoms with Crippen molar-refractivity contribution < 1.29 is 0 Å². The van der Waals surface area contributed by atoms with E-state index in [0.29, 0.717) is 4.99 Å². The maximum Gasteiger partial charge on any atom is 0.103 e. The van der Waals surface area contributed by atoms with Crippen molar-refractivity contribution in [2.45, 2.75) is 20.0 Å². The minimum atomic E-state index is 0.448. The van der Waals surface area contributed by atoms with Crippen molar-refractivity contribution in [1.29, 1.82) is 0 Å². The van der Waals surface area contributed by atoms with E-state index in [0.717, 1.165) is 18.7 Å². The van der Waals surface area contributed by atoms with E-state index in [4.69, 9.17) is 18.0 Å². The first-order chi connectivity index (χ1) is 9.45. The van der Waals surface area contributed by atoms with Gasteiger partial charge >= 0.3 is 0 Å². The fraction of sp³-hybridized carbons (Fsp3) is 0.333. The van der Waals surface area contributed by atoms with Gasteiger partial charge < -0.3 is 5.73 Å². The standard InChI is InChI=1S/C15H20N4S/c1-11-6-13(15(16)20)4-5-14(11)10-18(2)8-12-7-17-19(3)9-12/h4-7,9H,8,10H2,1-3H3,(H2,16,20). The molecular formula is C15H20N4S. The SMILES string of the molecule is Cc1cc(C(N)=S)ccc1CN(C)Cc1cnn(C)c1. The molecule has 0 unspecified atom stereocenters. The number of nitrogens with two attached hydrogens (primary N) is 1. The van der Waals surface area contributed by atoms with Crippen LogP contribution in [0.15, 0.2) is 30.6 Å². The van der Waals surface area contributed by atoms with E-state index in [-0.39, 0.29) is 0 Å². The van der Waals surface area contributed by atoms with Crippen LogP contribution in [-0.2, 0) is 20.1 Å². The summed E-state index contributed by atoms with van der Waals surface area (Å²) < 4.78 is 1.82. The molecule has 0 radical (unpaired) electrons. The number of hydrogen-bond donors (Lipinski definition) is 1. The number of thiocarbonyl (C=S) groups is 1. The van der Waals surface area contributed by atoms with Crippen molar-refractivity contribution in [2.75, 3.05) is 7.05 Å². The van der Waals surface area contributed by atoms with E-state index in [2.05, 4.69) is 36.1 Å². The van der Waals surface area contributed by atoms with Crippen LogP contribution < -0.4 is 5.73 Å². The van der Waals surface area contributed by atoms with Crippen molar-refractivity contribution in [3.05, 3.63) is 52.8 Å². The molecule has 0 aliphatic carbocycles. The van der Waals surface area contributed by atoms with Gasteiger partial charge in [0.05, 0.1) is 6.20 Å². The number of aryl methyl sites for hydroxylation is 2. The van der Waals surface area contributed by atoms with E-state index in [1.807, 2.05) is 30.2 Å². The first-order valence-electron chi connectivity index (χ1n) is 6.51. The predicted octanol–water partition coefficient (Wildman–Crippen LogP) is 1.99. The molecule has 4 nitrogen and oxygen atoms in total. The highest BCUT2D eigenvalue weighted by atomic mass is 32.1. The van der Waals surface area contributed by atoms with Gasteiger partial charge in [-0.2, -0.15) is 5.10 Å². The molecule has 0 aliphatic heterocycles. The van der Waals surface area contributed by atoms with Gasteiger partial charge in [-0.3, -0.25) is 9.58 Å². The highest BCUT2D eigenvalue weighted by Gasteiger charge is 2.07. The average molecular weight is 288 g/mol. The molecule has 0 spiro atoms. The summed E-state index contributed by atoms with van der Waals surface area (Å²) in [6.45, 7) is 3.86. The lowest BCUT2D eigenvalue weighted by Gasteiger charge is -2.17. The summed E-state index contributed by atoms with van der Waals surface area (Å²) in [4.78, 5) is 2.71. The monoisotopic (exact) mass is 288 g/mol. The van der Waals surface area contributed by atoms with Gasteiger partial charge in [0, 0.05) is 37.5 Å². The zero-order valence-corrected chi connectivity index (χ0v) is 12.9. The zero-order chi connectivity index (χ0) is 14.7. The lowest BCUT2D eigenvalue weighted by Crippen LogP contribution is -2.18. The summed E-state index contributed by atoms with van der Waals surface area (Å²) in [6.07, 6.45) is 3.94. The Kier molecular flexibility index (Phi) is 4.52. The zero-order valence-electron chi connectivity index (χ0n) is 12.1. The molecule has 0 saturated heterocycles. The van der Waals surface area contributed by atoms with Gasteiger partial charge in [0.2, 0.25) is 0 Å². The van der Waals surface area contributed by atoms with Crippen LogP contribution in [0.25, 0.3) is 0 Å². The van der Waals surface area contributed by atoms with Gasteiger partial charge in [-0.05, 0) is 31.2 Å². The van der Waals surface area contributed by atoms with Crippen LogP contribution in [0.3, 0.4) is 0 Å². The van der Waals surface area contributed by atoms with E-state index in [9.17, 15) is 0 Å². The minimum Gasteiger partial charge on any atom is -0.389 e. The van der Waals surface area contributed by atoms with Crippen LogP contribution in [0.4, 0.5) is 0 Å². The number of aromatic nitrogens is 2. The lowest BCUT2D eigenvalue weighted by atomic mass is 10.0. The van der Waals surface area contributed by atoms with E-state index < -0.39 is 0 Å². The molecule has 5 heteroatoms. The number of benzene rings is 1. The third-order valence-electron chi connectivity index (χ3n) is 3.28. The van der Waals surface area contributed by atoms with Crippen LogP contribution in [0.2, 0.25) is 0 Å². The second-order valence-electron chi connectivity index (χ2n) is 5.20. The van der Waals surface area contributed by atoms with Crippen LogP contribution in [0.1, 0.15) is 22.3 Å². The molecule has 0 saturated carbocycles. The molecule has 0 fully saturated rings. The normalized spacial score (nSPS) is 11.0. The smallest absolute Gasteiger partial charge is 0.103 e. The molecular weight excluding hydrogens is 268 g/mol. The van der Waals surface area contributed by atoms with Crippen molar-refractivity contribution in [2.24, 2.45) is 12.8 Å². The Balaban J connectivity index is 2.04. The lowest BCUT2D eigenvalue weighted by molar-refractivity contribution is 0.318. The number of hydrogen-bond acceptors (Lipinski definition) is 3. The first kappa shape index (κ1) is 14.7. The Hall–Kier alpha value is -1.72. The fourth-order valence-electron chi connectivity index (χ4n) is 2.24. The van der Waals surface area contributed by atoms with Crippen molar-refractivity contribution in [3.8, 4) is 0 Å². The first-order valence-corrected chi connectivity index (χ1v) is 6.92. The average Bonchev–Trinajstić information content (AvgIpc) is 2.77. The van der Waals surface area contributed by atoms with Crippen molar-refractivity contribution >= 4 is 17.2 Å². The van der Waals surface area contributed by atoms with Gasteiger partial charge in [0.1, 0.15) is 4.99 Å². The van der Waals surface area contributed by atoms with E-state index in [1.165, 1.54) is 16.7 Å². The molecule has 0 amide bonds. The third-order valence-corrected chi connectivity index (χ3v) is 3.51. The Morgan fingerprint density at radius 3 is 2.70 bits per heavy atom. The summed E-state index contributed by atoms with van der Waals surface area (Å²) in [7, 11) is 4.04. The fourth-order valence-corrected chi connectivity index (χ4v) is 2.37. The maximum atomic E-state index is 5.65. The van der Waals surface area contributed by atoms with Crippen molar-refractivity contribution in [1.82, 2.24) is 14.7 Å². The number of rotatable bonds is 5. The summed E-state index contributed by atoms with van der Waals surface area (Å²) in [5.74, 6) is 0. The molecule has 106 valence electrons. The second-order valence-corrected chi connectivity index (χ2v) is 5.64. The summed E-state index contributed by atoms with van der Waals surface area (Å²) in [6, 6.07) is 6.14. The molecule has 1 aromatic carbocycles. The summed E-state index contributed by atoms with van der Waals surface area (Å²) in [5.41, 5.74) is 10.3. The van der Waals surface area contributed by atoms with Gasteiger partial charge in [-0.1, -0.05) is 24.4 Å². The van der Waals surface area contributed by atoms with Crippen molar-refractivity contribution in [3.63, 3.8) is 0 Å². The molecule has 2 rings (SSSR count). The second kappa shape index (κ2) is 6.15. The largest absolute Gasteiger partial charge is 0.389 e. The molecule has 1 aromatic heterocycles. The third kappa shape index (κ3) is 3.65. The Labute approximate surface area is 125 Å². The van der Waals surface area contributed by atoms with Gasteiger partial charge in [-0.15, -0.1) is 0 Å². The maximum absolute atomic E-state index is 5.65. The summed E-state index contributed by atoms with van der Waals surface area (Å²) in [5, 5.41) is 4.19. The Morgan fingerprint density at radius 1 is 1.40 bits per heavy atom. The van der Waals surface area contributed by atoms with Crippen LogP contribution in [0, 0.1) is 6.92 Å². The Bertz CT molecular complexity index is 618. The highest BCUT2D eigenvalue weighted by molar-refractivity contribution is 7.80. The molecule has 1 heterocycles.